The third kappa shape index (κ3) is 7.55. The number of hydrogen-bond acceptors (Lipinski definition) is 5. The molecular formula is C23H19Br2ClN2O3S. The molecule has 1 N–H and O–H groups in total. The van der Waals surface area contributed by atoms with E-state index in [4.69, 9.17) is 21.1 Å². The molecule has 0 unspecified atom stereocenters. The smallest absolute Gasteiger partial charge is 0.250 e. The molecule has 0 bridgehead atoms. The van der Waals surface area contributed by atoms with E-state index in [9.17, 15) is 4.79 Å². The van der Waals surface area contributed by atoms with Crippen LogP contribution in [0.4, 0.5) is 0 Å². The molecule has 3 aromatic carbocycles. The number of rotatable bonds is 9. The van der Waals surface area contributed by atoms with Gasteiger partial charge in [-0.25, -0.2) is 5.43 Å². The Labute approximate surface area is 212 Å². The molecule has 0 heterocycles. The second-order valence-electron chi connectivity index (χ2n) is 6.49. The highest BCUT2D eigenvalue weighted by molar-refractivity contribution is 9.10. The zero-order valence-corrected chi connectivity index (χ0v) is 21.7. The summed E-state index contributed by atoms with van der Waals surface area (Å²) in [5.74, 6) is 1.19. The van der Waals surface area contributed by atoms with Crippen LogP contribution < -0.4 is 14.9 Å². The maximum atomic E-state index is 12.0. The second kappa shape index (κ2) is 12.3. The highest BCUT2D eigenvalue weighted by atomic mass is 79.9. The lowest BCUT2D eigenvalue weighted by Crippen LogP contribution is -2.19. The summed E-state index contributed by atoms with van der Waals surface area (Å²) in [4.78, 5) is 13.0. The van der Waals surface area contributed by atoms with Gasteiger partial charge in [-0.15, -0.1) is 11.8 Å². The van der Waals surface area contributed by atoms with E-state index in [1.54, 1.807) is 31.5 Å². The Morgan fingerprint density at radius 3 is 2.53 bits per heavy atom. The number of benzene rings is 3. The summed E-state index contributed by atoms with van der Waals surface area (Å²) >= 11 is 14.2. The first-order valence-corrected chi connectivity index (χ1v) is 12.3. The Hall–Kier alpha value is -2.00. The third-order valence-electron chi connectivity index (χ3n) is 4.13. The van der Waals surface area contributed by atoms with Gasteiger partial charge in [-0.2, -0.15) is 5.10 Å². The van der Waals surface area contributed by atoms with Crippen LogP contribution in [-0.2, 0) is 11.4 Å². The van der Waals surface area contributed by atoms with E-state index in [-0.39, 0.29) is 11.7 Å². The van der Waals surface area contributed by atoms with Crippen LogP contribution in [0.1, 0.15) is 11.1 Å². The Bertz CT molecular complexity index is 1090. The Morgan fingerprint density at radius 1 is 1.12 bits per heavy atom. The van der Waals surface area contributed by atoms with E-state index in [0.717, 1.165) is 25.0 Å². The normalized spacial score (nSPS) is 10.9. The van der Waals surface area contributed by atoms with E-state index >= 15 is 0 Å². The van der Waals surface area contributed by atoms with Crippen molar-refractivity contribution in [3.63, 3.8) is 0 Å². The number of carbonyl (C=O) groups excluding carboxylic acids is 1. The lowest BCUT2D eigenvalue weighted by Gasteiger charge is -2.13. The first kappa shape index (κ1) is 24.6. The van der Waals surface area contributed by atoms with Crippen LogP contribution in [0.25, 0.3) is 0 Å². The molecule has 166 valence electrons. The molecule has 3 rings (SSSR count). The van der Waals surface area contributed by atoms with Crippen LogP contribution in [0.15, 0.2) is 79.6 Å². The fourth-order valence-corrected chi connectivity index (χ4v) is 4.24. The minimum absolute atomic E-state index is 0.207. The van der Waals surface area contributed by atoms with Gasteiger partial charge in [-0.05, 0) is 75.6 Å². The van der Waals surface area contributed by atoms with Crippen LogP contribution in [-0.4, -0.2) is 25.0 Å². The molecule has 0 saturated carbocycles. The number of hydrazone groups is 1. The molecule has 0 aliphatic carbocycles. The molecule has 0 fully saturated rings. The maximum Gasteiger partial charge on any atom is 0.250 e. The minimum atomic E-state index is -0.207. The van der Waals surface area contributed by atoms with Crippen LogP contribution in [0, 0.1) is 0 Å². The van der Waals surface area contributed by atoms with Crippen molar-refractivity contribution in [3.8, 4) is 11.5 Å². The Morgan fingerprint density at radius 2 is 1.84 bits per heavy atom. The van der Waals surface area contributed by atoms with Gasteiger partial charge in [-0.3, -0.25) is 4.79 Å². The molecule has 3 aromatic rings. The third-order valence-corrected chi connectivity index (χ3v) is 6.52. The molecule has 9 heteroatoms. The zero-order chi connectivity index (χ0) is 22.9. The molecule has 1 amide bonds. The summed E-state index contributed by atoms with van der Waals surface area (Å²) in [5, 5.41) is 4.70. The first-order chi connectivity index (χ1) is 15.4. The predicted molar refractivity (Wildman–Crippen MR) is 137 cm³/mol. The summed E-state index contributed by atoms with van der Waals surface area (Å²) in [5.41, 5.74) is 4.31. The summed E-state index contributed by atoms with van der Waals surface area (Å²) in [6, 6.07) is 18.9. The Balaban J connectivity index is 1.57. The molecule has 0 aromatic heterocycles. The summed E-state index contributed by atoms with van der Waals surface area (Å²) in [6.07, 6.45) is 1.55. The molecule has 0 atom stereocenters. The number of amides is 1. The number of nitrogens with one attached hydrogen (secondary N) is 1. The molecule has 0 spiro atoms. The van der Waals surface area contributed by atoms with Crippen LogP contribution in [0.2, 0.25) is 5.02 Å². The number of halogens is 3. The molecule has 5 nitrogen and oxygen atoms in total. The largest absolute Gasteiger partial charge is 0.493 e. The predicted octanol–water partition coefficient (Wildman–Crippen LogP) is 6.70. The number of hydrogen-bond donors (Lipinski definition) is 1. The van der Waals surface area contributed by atoms with Gasteiger partial charge in [0, 0.05) is 14.4 Å². The van der Waals surface area contributed by atoms with Crippen LogP contribution in [0.5, 0.6) is 11.5 Å². The number of methoxy groups -OCH3 is 1. The standard InChI is InChI=1S/C23H19Br2ClN2O3S/c1-30-21-11-16(10-20(25)23(21)31-13-15-2-4-17(24)5-3-15)12-27-28-22(29)14-32-19-8-6-18(26)7-9-19/h2-12H,13-14H2,1H3,(H,28,29)/b27-12-. The quantitative estimate of drug-likeness (QED) is 0.169. The molecule has 0 aliphatic heterocycles. The van der Waals surface area contributed by atoms with Gasteiger partial charge >= 0.3 is 0 Å². The lowest BCUT2D eigenvalue weighted by atomic mass is 10.2. The maximum absolute atomic E-state index is 12.0. The average molecular weight is 599 g/mol. The molecule has 0 radical (unpaired) electrons. The topological polar surface area (TPSA) is 59.9 Å². The summed E-state index contributed by atoms with van der Waals surface area (Å²) in [7, 11) is 1.57. The van der Waals surface area contributed by atoms with Gasteiger partial charge < -0.3 is 9.47 Å². The number of nitrogens with zero attached hydrogens (tertiary/aromatic N) is 1. The second-order valence-corrected chi connectivity index (χ2v) is 9.74. The van der Waals surface area contributed by atoms with E-state index in [0.29, 0.717) is 23.1 Å². The van der Waals surface area contributed by atoms with Crippen molar-refractivity contribution in [2.75, 3.05) is 12.9 Å². The highest BCUT2D eigenvalue weighted by Crippen LogP contribution is 2.37. The summed E-state index contributed by atoms with van der Waals surface area (Å²) < 4.78 is 13.2. The average Bonchev–Trinajstić information content (AvgIpc) is 2.79. The van der Waals surface area contributed by atoms with Gasteiger partial charge in [0.25, 0.3) is 0 Å². The van der Waals surface area contributed by atoms with Crippen LogP contribution in [0.3, 0.4) is 0 Å². The number of carbonyl (C=O) groups is 1. The minimum Gasteiger partial charge on any atom is -0.493 e. The van der Waals surface area contributed by atoms with E-state index in [1.165, 1.54) is 11.8 Å². The van der Waals surface area contributed by atoms with E-state index in [1.807, 2.05) is 42.5 Å². The van der Waals surface area contributed by atoms with Crippen molar-refractivity contribution in [2.24, 2.45) is 5.10 Å². The van der Waals surface area contributed by atoms with Crippen molar-refractivity contribution >= 4 is 67.3 Å². The fourth-order valence-electron chi connectivity index (χ4n) is 2.58. The molecule has 32 heavy (non-hydrogen) atoms. The monoisotopic (exact) mass is 596 g/mol. The number of thioether (sulfide) groups is 1. The van der Waals surface area contributed by atoms with Crippen molar-refractivity contribution in [3.05, 3.63) is 85.8 Å². The van der Waals surface area contributed by atoms with Crippen molar-refractivity contribution in [1.29, 1.82) is 0 Å². The van der Waals surface area contributed by atoms with Crippen molar-refractivity contribution in [1.82, 2.24) is 5.43 Å². The zero-order valence-electron chi connectivity index (χ0n) is 17.0. The first-order valence-electron chi connectivity index (χ1n) is 9.39. The molecule has 0 saturated heterocycles. The van der Waals surface area contributed by atoms with E-state index < -0.39 is 0 Å². The lowest BCUT2D eigenvalue weighted by molar-refractivity contribution is -0.118. The molecule has 0 aliphatic rings. The summed E-state index contributed by atoms with van der Waals surface area (Å²) in [6.45, 7) is 0.400. The van der Waals surface area contributed by atoms with Gasteiger partial charge in [0.05, 0.1) is 23.5 Å². The van der Waals surface area contributed by atoms with Gasteiger partial charge in [0.1, 0.15) is 6.61 Å². The van der Waals surface area contributed by atoms with Gasteiger partial charge in [0.15, 0.2) is 11.5 Å². The van der Waals surface area contributed by atoms with Gasteiger partial charge in [-0.1, -0.05) is 39.7 Å². The van der Waals surface area contributed by atoms with Crippen molar-refractivity contribution in [2.45, 2.75) is 11.5 Å². The molecular weight excluding hydrogens is 580 g/mol. The highest BCUT2D eigenvalue weighted by Gasteiger charge is 2.12. The van der Waals surface area contributed by atoms with Gasteiger partial charge in [0.2, 0.25) is 5.91 Å². The fraction of sp³-hybridized carbons (Fsp3) is 0.130. The number of ether oxygens (including phenoxy) is 2. The SMILES string of the molecule is COc1cc(/C=N\NC(=O)CSc2ccc(Cl)cc2)cc(Br)c1OCc1ccc(Br)cc1. The van der Waals surface area contributed by atoms with Crippen LogP contribution >= 0.6 is 55.2 Å². The van der Waals surface area contributed by atoms with E-state index in [2.05, 4.69) is 42.4 Å². The Kier molecular flexibility index (Phi) is 9.47. The van der Waals surface area contributed by atoms with Crippen molar-refractivity contribution < 1.29 is 14.3 Å².